The number of ketones is 1. The van der Waals surface area contributed by atoms with Gasteiger partial charge in [-0.3, -0.25) is 4.79 Å². The molecule has 2 heterocycles. The molecule has 0 saturated heterocycles. The number of likely N-dealkylation sites (N-methyl/N-ethyl adjacent to an activating group) is 1. The van der Waals surface area contributed by atoms with Gasteiger partial charge < -0.3 is 14.4 Å². The summed E-state index contributed by atoms with van der Waals surface area (Å²) in [4.78, 5) is 13.4. The van der Waals surface area contributed by atoms with Crippen molar-refractivity contribution in [3.63, 3.8) is 0 Å². The Morgan fingerprint density at radius 3 is 2.64 bits per heavy atom. The molecule has 2 aromatic rings. The summed E-state index contributed by atoms with van der Waals surface area (Å²) in [5, 5.41) is 14.3. The van der Waals surface area contributed by atoms with Gasteiger partial charge >= 0.3 is 0 Å². The molecule has 0 N–H and O–H groups in total. The summed E-state index contributed by atoms with van der Waals surface area (Å²) in [7, 11) is 5.68. The SMILES string of the molecule is COC1=CC2C(C=C1)[N+](C)=C(C=C1C(=O)C(c3c(C)n(C)c4ccc(C)cc34)=C1[O-])C2(C)C. The number of nitrogens with zero attached hydrogens (tertiary/aromatic N) is 2. The Kier molecular flexibility index (Phi) is 4.61. The minimum atomic E-state index is -0.246. The van der Waals surface area contributed by atoms with Crippen LogP contribution in [0.4, 0.5) is 0 Å². The smallest absolute Gasteiger partial charge is 0.192 e. The number of rotatable bonds is 3. The molecule has 0 saturated carbocycles. The van der Waals surface area contributed by atoms with Crippen molar-refractivity contribution in [2.45, 2.75) is 33.7 Å². The zero-order chi connectivity index (χ0) is 23.8. The molecular weight excluding hydrogens is 412 g/mol. The number of Topliss-reactive ketones (excluding diaryl/α,β-unsaturated/α-hetero) is 1. The Morgan fingerprint density at radius 2 is 1.97 bits per heavy atom. The molecule has 1 aromatic heterocycles. The van der Waals surface area contributed by atoms with Gasteiger partial charge in [0.15, 0.2) is 17.5 Å². The van der Waals surface area contributed by atoms with Gasteiger partial charge in [-0.15, -0.1) is 0 Å². The standard InChI is InChI=1S/C28H30N2O3/c1-15-8-10-21-18(12-15)24(16(2)29(21)5)25-26(31)19(27(25)32)14-23-28(3,4)20-13-17(33-7)9-11-22(20)30(23)6/h8-14,20,22H,1-7H3. The topological polar surface area (TPSA) is 57.3 Å². The first-order valence-corrected chi connectivity index (χ1v) is 11.4. The van der Waals surface area contributed by atoms with Crippen LogP contribution in [-0.4, -0.2) is 40.8 Å². The monoisotopic (exact) mass is 442 g/mol. The van der Waals surface area contributed by atoms with Crippen LogP contribution in [0.25, 0.3) is 16.5 Å². The van der Waals surface area contributed by atoms with Gasteiger partial charge in [-0.2, -0.15) is 0 Å². The molecule has 5 rings (SSSR count). The van der Waals surface area contributed by atoms with Gasteiger partial charge in [0.1, 0.15) is 12.8 Å². The van der Waals surface area contributed by atoms with Gasteiger partial charge in [-0.25, -0.2) is 4.58 Å². The van der Waals surface area contributed by atoms with Gasteiger partial charge in [-0.1, -0.05) is 17.4 Å². The number of aromatic nitrogens is 1. The van der Waals surface area contributed by atoms with Crippen molar-refractivity contribution in [1.29, 1.82) is 0 Å². The molecule has 170 valence electrons. The number of carbonyl (C=O) groups is 1. The van der Waals surface area contributed by atoms with E-state index in [1.807, 2.05) is 40.1 Å². The Bertz CT molecular complexity index is 1390. The zero-order valence-electron chi connectivity index (χ0n) is 20.3. The molecule has 5 nitrogen and oxygen atoms in total. The van der Waals surface area contributed by atoms with E-state index in [1.54, 1.807) is 7.11 Å². The number of hydrogen-bond donors (Lipinski definition) is 0. The number of allylic oxidation sites excluding steroid dienone is 4. The van der Waals surface area contributed by atoms with Gasteiger partial charge in [0, 0.05) is 46.4 Å². The third kappa shape index (κ3) is 2.84. The van der Waals surface area contributed by atoms with Crippen LogP contribution >= 0.6 is 0 Å². The highest BCUT2D eigenvalue weighted by molar-refractivity contribution is 6.41. The molecule has 2 unspecified atom stereocenters. The average molecular weight is 443 g/mol. The molecule has 1 aliphatic heterocycles. The quantitative estimate of drug-likeness (QED) is 0.539. The van der Waals surface area contributed by atoms with Crippen LogP contribution < -0.4 is 5.11 Å². The van der Waals surface area contributed by atoms with Crippen molar-refractivity contribution in [3.05, 3.63) is 76.4 Å². The Labute approximate surface area is 194 Å². The van der Waals surface area contributed by atoms with Gasteiger partial charge in [0.2, 0.25) is 0 Å². The molecule has 1 aromatic carbocycles. The average Bonchev–Trinajstić information content (AvgIpc) is 3.13. The Morgan fingerprint density at radius 1 is 1.24 bits per heavy atom. The predicted octanol–water partition coefficient (Wildman–Crippen LogP) is 3.58. The number of methoxy groups -OCH3 is 1. The fraction of sp³-hybridized carbons (Fsp3) is 0.357. The maximum absolute atomic E-state index is 13.4. The molecule has 0 amide bonds. The largest absolute Gasteiger partial charge is 0.871 e. The summed E-state index contributed by atoms with van der Waals surface area (Å²) >= 11 is 0. The first kappa shape index (κ1) is 21.5. The van der Waals surface area contributed by atoms with E-state index in [4.69, 9.17) is 4.74 Å². The molecule has 0 bridgehead atoms. The highest BCUT2D eigenvalue weighted by Gasteiger charge is 2.52. The predicted molar refractivity (Wildman–Crippen MR) is 129 cm³/mol. The minimum absolute atomic E-state index is 0.160. The van der Waals surface area contributed by atoms with Crippen molar-refractivity contribution < 1.29 is 19.2 Å². The normalized spacial score (nSPS) is 25.1. The number of benzene rings is 1. The van der Waals surface area contributed by atoms with Crippen molar-refractivity contribution >= 4 is 28.0 Å². The van der Waals surface area contributed by atoms with Crippen molar-refractivity contribution in [2.24, 2.45) is 18.4 Å². The summed E-state index contributed by atoms with van der Waals surface area (Å²) in [5.41, 5.74) is 5.19. The summed E-state index contributed by atoms with van der Waals surface area (Å²) in [6.07, 6.45) is 8.10. The van der Waals surface area contributed by atoms with Crippen LogP contribution in [0, 0.1) is 25.2 Å². The lowest BCUT2D eigenvalue weighted by Gasteiger charge is -2.31. The number of hydrogen-bond acceptors (Lipinski definition) is 3. The second kappa shape index (κ2) is 7.08. The zero-order valence-corrected chi connectivity index (χ0v) is 20.3. The molecule has 33 heavy (non-hydrogen) atoms. The Hall–Kier alpha value is -3.34. The van der Waals surface area contributed by atoms with Gasteiger partial charge in [0.25, 0.3) is 0 Å². The second-order valence-corrected chi connectivity index (χ2v) is 10.00. The van der Waals surface area contributed by atoms with Gasteiger partial charge in [-0.05, 0) is 58.1 Å². The highest BCUT2D eigenvalue weighted by Crippen LogP contribution is 2.45. The van der Waals surface area contributed by atoms with E-state index in [1.165, 1.54) is 0 Å². The second-order valence-electron chi connectivity index (χ2n) is 10.00. The lowest BCUT2D eigenvalue weighted by molar-refractivity contribution is -0.521. The van der Waals surface area contributed by atoms with Gasteiger partial charge in [0.05, 0.1) is 18.4 Å². The number of carbonyl (C=O) groups excluding carboxylic acids is 1. The lowest BCUT2D eigenvalue weighted by Crippen LogP contribution is -2.33. The van der Waals surface area contributed by atoms with Crippen LogP contribution in [0.2, 0.25) is 0 Å². The van der Waals surface area contributed by atoms with Crippen LogP contribution in [0.15, 0.2) is 59.6 Å². The highest BCUT2D eigenvalue weighted by atomic mass is 16.5. The minimum Gasteiger partial charge on any atom is -0.871 e. The maximum Gasteiger partial charge on any atom is 0.192 e. The van der Waals surface area contributed by atoms with E-state index in [2.05, 4.69) is 53.3 Å². The molecule has 0 spiro atoms. The van der Waals surface area contributed by atoms with E-state index in [-0.39, 0.29) is 34.5 Å². The molecule has 0 fully saturated rings. The summed E-state index contributed by atoms with van der Waals surface area (Å²) in [6, 6.07) is 6.34. The fourth-order valence-corrected chi connectivity index (χ4v) is 5.77. The number of aryl methyl sites for hydroxylation is 2. The van der Waals surface area contributed by atoms with Crippen LogP contribution in [0.3, 0.4) is 0 Å². The third-order valence-corrected chi connectivity index (χ3v) is 7.85. The number of fused-ring (bicyclic) bond motifs is 2. The molecule has 3 aliphatic rings. The van der Waals surface area contributed by atoms with E-state index in [0.717, 1.165) is 39.2 Å². The van der Waals surface area contributed by atoms with E-state index in [0.29, 0.717) is 5.57 Å². The summed E-state index contributed by atoms with van der Waals surface area (Å²) in [5.74, 6) is 0.728. The fourth-order valence-electron chi connectivity index (χ4n) is 5.77. The summed E-state index contributed by atoms with van der Waals surface area (Å²) < 4.78 is 9.68. The Balaban J connectivity index is 1.61. The third-order valence-electron chi connectivity index (χ3n) is 7.85. The summed E-state index contributed by atoms with van der Waals surface area (Å²) in [6.45, 7) is 8.33. The molecule has 5 heteroatoms. The van der Waals surface area contributed by atoms with E-state index < -0.39 is 0 Å². The van der Waals surface area contributed by atoms with Crippen molar-refractivity contribution in [3.8, 4) is 0 Å². The lowest BCUT2D eigenvalue weighted by atomic mass is 9.72. The van der Waals surface area contributed by atoms with Crippen molar-refractivity contribution in [1.82, 2.24) is 4.57 Å². The van der Waals surface area contributed by atoms with E-state index >= 15 is 0 Å². The molecule has 2 aliphatic carbocycles. The van der Waals surface area contributed by atoms with Crippen LogP contribution in [0.1, 0.15) is 30.7 Å². The molecule has 2 atom stereocenters. The van der Waals surface area contributed by atoms with Crippen molar-refractivity contribution in [2.75, 3.05) is 14.2 Å². The van der Waals surface area contributed by atoms with Crippen LogP contribution in [0.5, 0.6) is 0 Å². The van der Waals surface area contributed by atoms with Crippen LogP contribution in [-0.2, 0) is 16.6 Å². The first-order chi connectivity index (χ1) is 15.6. The molecular formula is C28H30N2O3. The number of ether oxygens (including phenoxy) is 1. The molecule has 0 radical (unpaired) electrons. The van der Waals surface area contributed by atoms with E-state index in [9.17, 15) is 9.90 Å². The first-order valence-electron chi connectivity index (χ1n) is 11.4. The maximum atomic E-state index is 13.4.